The third kappa shape index (κ3) is 1.57. The zero-order valence-electron chi connectivity index (χ0n) is 9.26. The summed E-state index contributed by atoms with van der Waals surface area (Å²) in [5.74, 6) is 1.88. The van der Waals surface area contributed by atoms with Gasteiger partial charge in [0.1, 0.15) is 11.5 Å². The van der Waals surface area contributed by atoms with E-state index in [0.717, 1.165) is 22.6 Å². The molecule has 0 fully saturated rings. The molecular formula is C15H11NO. The zero-order valence-corrected chi connectivity index (χ0v) is 9.26. The van der Waals surface area contributed by atoms with Gasteiger partial charge in [0.15, 0.2) is 0 Å². The standard InChI is InChI=1S/C15H11NO/c1-16-10-13-11-6-2-4-8-14(11)17-15-9-5-3-7-12(13)15/h2-9,13H,10H2. The Kier molecular flexibility index (Phi) is 2.31. The van der Waals surface area contributed by atoms with Crippen LogP contribution in [0, 0.1) is 6.57 Å². The van der Waals surface area contributed by atoms with E-state index < -0.39 is 0 Å². The summed E-state index contributed by atoms with van der Waals surface area (Å²) in [4.78, 5) is 3.55. The summed E-state index contributed by atoms with van der Waals surface area (Å²) in [6.07, 6.45) is 0. The molecule has 3 rings (SSSR count). The third-order valence-corrected chi connectivity index (χ3v) is 3.08. The fraction of sp³-hybridized carbons (Fsp3) is 0.133. The van der Waals surface area contributed by atoms with Gasteiger partial charge in [0.25, 0.3) is 0 Å². The predicted octanol–water partition coefficient (Wildman–Crippen LogP) is 3.84. The molecule has 0 unspecified atom stereocenters. The number of ether oxygens (including phenoxy) is 1. The van der Waals surface area contributed by atoms with Gasteiger partial charge in [0, 0.05) is 11.1 Å². The second kappa shape index (κ2) is 3.95. The van der Waals surface area contributed by atoms with Gasteiger partial charge in [-0.2, -0.15) is 0 Å². The maximum atomic E-state index is 7.11. The van der Waals surface area contributed by atoms with Crippen LogP contribution < -0.4 is 4.74 Å². The molecule has 2 aromatic carbocycles. The van der Waals surface area contributed by atoms with Crippen LogP contribution in [0.4, 0.5) is 0 Å². The van der Waals surface area contributed by atoms with Gasteiger partial charge >= 0.3 is 0 Å². The average Bonchev–Trinajstić information content (AvgIpc) is 2.39. The van der Waals surface area contributed by atoms with Crippen molar-refractivity contribution >= 4 is 0 Å². The van der Waals surface area contributed by atoms with E-state index in [1.165, 1.54) is 0 Å². The number of fused-ring (bicyclic) bond motifs is 2. The highest BCUT2D eigenvalue weighted by Gasteiger charge is 2.28. The fourth-order valence-corrected chi connectivity index (χ4v) is 2.30. The first-order valence-corrected chi connectivity index (χ1v) is 5.59. The van der Waals surface area contributed by atoms with E-state index in [2.05, 4.69) is 4.85 Å². The number of benzene rings is 2. The summed E-state index contributed by atoms with van der Waals surface area (Å²) in [5, 5.41) is 0. The minimum Gasteiger partial charge on any atom is -0.457 e. The van der Waals surface area contributed by atoms with Crippen molar-refractivity contribution in [3.63, 3.8) is 0 Å². The lowest BCUT2D eigenvalue weighted by molar-refractivity contribution is 0.449. The molecular weight excluding hydrogens is 210 g/mol. The molecule has 0 aliphatic carbocycles. The molecule has 0 bridgehead atoms. The maximum absolute atomic E-state index is 7.11. The Hall–Kier alpha value is -2.27. The number of para-hydroxylation sites is 2. The van der Waals surface area contributed by atoms with Crippen LogP contribution in [-0.2, 0) is 0 Å². The van der Waals surface area contributed by atoms with Gasteiger partial charge in [0.2, 0.25) is 6.54 Å². The van der Waals surface area contributed by atoms with Crippen molar-refractivity contribution in [1.82, 2.24) is 0 Å². The first-order valence-electron chi connectivity index (χ1n) is 5.59. The van der Waals surface area contributed by atoms with Crippen LogP contribution in [0.1, 0.15) is 17.0 Å². The Balaban J connectivity index is 2.18. The Morgan fingerprint density at radius 2 is 1.47 bits per heavy atom. The van der Waals surface area contributed by atoms with Crippen LogP contribution in [0.2, 0.25) is 0 Å². The minimum atomic E-state index is 0.133. The molecule has 2 heteroatoms. The number of hydrogen-bond donors (Lipinski definition) is 0. The summed E-state index contributed by atoms with van der Waals surface area (Å²) in [6.45, 7) is 7.58. The van der Waals surface area contributed by atoms with Crippen molar-refractivity contribution in [2.45, 2.75) is 5.92 Å². The molecule has 82 valence electrons. The van der Waals surface area contributed by atoms with E-state index in [4.69, 9.17) is 11.3 Å². The molecule has 0 atom stereocenters. The normalized spacial score (nSPS) is 13.1. The zero-order chi connectivity index (χ0) is 11.7. The second-order valence-corrected chi connectivity index (χ2v) is 4.07. The summed E-state index contributed by atoms with van der Waals surface area (Å²) in [7, 11) is 0. The first-order chi connectivity index (χ1) is 8.40. The molecule has 1 aliphatic heterocycles. The van der Waals surface area contributed by atoms with Gasteiger partial charge in [-0.25, -0.2) is 6.57 Å². The quantitative estimate of drug-likeness (QED) is 0.667. The summed E-state index contributed by atoms with van der Waals surface area (Å²) in [6, 6.07) is 15.9. The summed E-state index contributed by atoms with van der Waals surface area (Å²) < 4.78 is 5.85. The van der Waals surface area contributed by atoms with Gasteiger partial charge in [-0.3, -0.25) is 0 Å². The van der Waals surface area contributed by atoms with Crippen LogP contribution in [-0.4, -0.2) is 6.54 Å². The Bertz CT molecular complexity index is 552. The maximum Gasteiger partial charge on any atom is 0.225 e. The largest absolute Gasteiger partial charge is 0.457 e. The SMILES string of the molecule is [C-]#[N+]CC1c2ccccc2Oc2ccccc21. The van der Waals surface area contributed by atoms with Crippen LogP contribution in [0.5, 0.6) is 11.5 Å². The monoisotopic (exact) mass is 221 g/mol. The topological polar surface area (TPSA) is 13.6 Å². The van der Waals surface area contributed by atoms with Crippen molar-refractivity contribution in [3.8, 4) is 11.5 Å². The smallest absolute Gasteiger partial charge is 0.225 e. The molecule has 17 heavy (non-hydrogen) atoms. The van der Waals surface area contributed by atoms with Crippen molar-refractivity contribution < 1.29 is 4.74 Å². The lowest BCUT2D eigenvalue weighted by Crippen LogP contribution is -2.11. The molecule has 1 aliphatic rings. The average molecular weight is 221 g/mol. The molecule has 0 N–H and O–H groups in total. The van der Waals surface area contributed by atoms with Crippen molar-refractivity contribution in [2.24, 2.45) is 0 Å². The van der Waals surface area contributed by atoms with E-state index in [1.807, 2.05) is 48.5 Å². The molecule has 0 saturated carbocycles. The number of nitrogens with zero attached hydrogens (tertiary/aromatic N) is 1. The van der Waals surface area contributed by atoms with E-state index in [1.54, 1.807) is 0 Å². The highest BCUT2D eigenvalue weighted by molar-refractivity contribution is 5.53. The number of rotatable bonds is 1. The highest BCUT2D eigenvalue weighted by Crippen LogP contribution is 2.43. The summed E-state index contributed by atoms with van der Waals surface area (Å²) >= 11 is 0. The van der Waals surface area contributed by atoms with Crippen molar-refractivity contribution in [2.75, 3.05) is 6.54 Å². The van der Waals surface area contributed by atoms with Crippen LogP contribution in [0.3, 0.4) is 0 Å². The molecule has 2 nitrogen and oxygen atoms in total. The minimum absolute atomic E-state index is 0.133. The molecule has 2 aromatic rings. The molecule has 0 amide bonds. The third-order valence-electron chi connectivity index (χ3n) is 3.08. The molecule has 0 saturated heterocycles. The van der Waals surface area contributed by atoms with Crippen LogP contribution in [0.15, 0.2) is 48.5 Å². The van der Waals surface area contributed by atoms with Crippen LogP contribution >= 0.6 is 0 Å². The van der Waals surface area contributed by atoms with Crippen molar-refractivity contribution in [3.05, 3.63) is 71.1 Å². The predicted molar refractivity (Wildman–Crippen MR) is 66.3 cm³/mol. The molecule has 0 spiro atoms. The first kappa shape index (κ1) is 9.92. The molecule has 0 radical (unpaired) electrons. The summed E-state index contributed by atoms with van der Waals surface area (Å²) in [5.41, 5.74) is 2.23. The molecule has 0 aromatic heterocycles. The lowest BCUT2D eigenvalue weighted by atomic mass is 9.88. The van der Waals surface area contributed by atoms with Gasteiger partial charge in [-0.05, 0) is 12.1 Å². The van der Waals surface area contributed by atoms with Gasteiger partial charge in [-0.1, -0.05) is 36.4 Å². The Morgan fingerprint density at radius 1 is 0.941 bits per heavy atom. The van der Waals surface area contributed by atoms with Crippen molar-refractivity contribution in [1.29, 1.82) is 0 Å². The van der Waals surface area contributed by atoms with E-state index in [-0.39, 0.29) is 5.92 Å². The van der Waals surface area contributed by atoms with Crippen LogP contribution in [0.25, 0.3) is 4.85 Å². The molecule has 1 heterocycles. The Morgan fingerprint density at radius 3 is 2.00 bits per heavy atom. The second-order valence-electron chi connectivity index (χ2n) is 4.07. The fourth-order valence-electron chi connectivity index (χ4n) is 2.30. The highest BCUT2D eigenvalue weighted by atomic mass is 16.5. The number of hydrogen-bond acceptors (Lipinski definition) is 1. The van der Waals surface area contributed by atoms with E-state index >= 15 is 0 Å². The Labute approximate surface area is 100 Å². The lowest BCUT2D eigenvalue weighted by Gasteiger charge is -2.24. The van der Waals surface area contributed by atoms with Gasteiger partial charge < -0.3 is 9.58 Å². The van der Waals surface area contributed by atoms with Gasteiger partial charge in [-0.15, -0.1) is 0 Å². The van der Waals surface area contributed by atoms with E-state index in [9.17, 15) is 0 Å². The van der Waals surface area contributed by atoms with E-state index in [0.29, 0.717) is 6.54 Å². The van der Waals surface area contributed by atoms with Gasteiger partial charge in [0.05, 0.1) is 5.92 Å².